The number of amides is 3. The van der Waals surface area contributed by atoms with Gasteiger partial charge in [0.1, 0.15) is 18.5 Å². The van der Waals surface area contributed by atoms with Crippen molar-refractivity contribution in [3.63, 3.8) is 0 Å². The summed E-state index contributed by atoms with van der Waals surface area (Å²) < 4.78 is 24.2. The van der Waals surface area contributed by atoms with Crippen LogP contribution in [0, 0.1) is 0 Å². The summed E-state index contributed by atoms with van der Waals surface area (Å²) in [4.78, 5) is 24.5. The van der Waals surface area contributed by atoms with Gasteiger partial charge in [0.2, 0.25) is 0 Å². The molecular formula is C11H16ClFN2O5. The van der Waals surface area contributed by atoms with E-state index in [2.05, 4.69) is 5.32 Å². The van der Waals surface area contributed by atoms with Crippen molar-refractivity contribution < 1.29 is 28.6 Å². The van der Waals surface area contributed by atoms with Crippen LogP contribution in [0.3, 0.4) is 0 Å². The monoisotopic (exact) mass is 310 g/mol. The molecular weight excluding hydrogens is 295 g/mol. The topological polar surface area (TPSA) is 88.1 Å². The third-order valence-electron chi connectivity index (χ3n) is 3.23. The van der Waals surface area contributed by atoms with Crippen molar-refractivity contribution in [3.05, 3.63) is 0 Å². The fourth-order valence-electron chi connectivity index (χ4n) is 2.28. The summed E-state index contributed by atoms with van der Waals surface area (Å²) in [5, 5.41) is 9.94. The highest BCUT2D eigenvalue weighted by Gasteiger charge is 2.49. The maximum Gasteiger partial charge on any atom is 0.328 e. The summed E-state index contributed by atoms with van der Waals surface area (Å²) >= 11 is 5.93. The molecule has 2 rings (SSSR count). The first-order valence-corrected chi connectivity index (χ1v) is 6.72. The molecule has 0 saturated carbocycles. The molecule has 0 spiro atoms. The molecule has 3 amide bonds. The third-order valence-corrected chi connectivity index (χ3v) is 3.64. The van der Waals surface area contributed by atoms with Crippen LogP contribution in [0.2, 0.25) is 0 Å². The van der Waals surface area contributed by atoms with Crippen molar-refractivity contribution in [2.45, 2.75) is 43.5 Å². The number of aliphatic hydroxyl groups excluding tert-OH is 1. The number of carbonyl (C=O) groups is 2. The molecule has 7 nitrogen and oxygen atoms in total. The zero-order valence-electron chi connectivity index (χ0n) is 10.8. The van der Waals surface area contributed by atoms with Crippen molar-refractivity contribution in [1.82, 2.24) is 10.2 Å². The SMILES string of the molecule is CCOC1C(Cl)C(=O)NC(=O)N1[C@@H]1CC(F)[C@H](CO)O1. The zero-order valence-corrected chi connectivity index (χ0v) is 11.5. The Morgan fingerprint density at radius 3 is 2.85 bits per heavy atom. The Morgan fingerprint density at radius 1 is 1.60 bits per heavy atom. The number of halogens is 2. The number of ether oxygens (including phenoxy) is 2. The molecule has 2 fully saturated rings. The lowest BCUT2D eigenvalue weighted by atomic mass is 10.2. The molecule has 0 aromatic carbocycles. The normalized spacial score (nSPS) is 38.2. The number of nitrogens with one attached hydrogen (secondary N) is 1. The van der Waals surface area contributed by atoms with Gasteiger partial charge in [-0.1, -0.05) is 0 Å². The minimum atomic E-state index is -1.40. The van der Waals surface area contributed by atoms with E-state index in [1.807, 2.05) is 0 Å². The van der Waals surface area contributed by atoms with E-state index in [4.69, 9.17) is 26.2 Å². The number of rotatable bonds is 4. The van der Waals surface area contributed by atoms with Crippen LogP contribution in [0.5, 0.6) is 0 Å². The predicted molar refractivity (Wildman–Crippen MR) is 65.7 cm³/mol. The van der Waals surface area contributed by atoms with Gasteiger partial charge in [0.15, 0.2) is 11.6 Å². The maximum absolute atomic E-state index is 13.6. The number of hydrogen-bond acceptors (Lipinski definition) is 5. The van der Waals surface area contributed by atoms with Crippen LogP contribution in [0.1, 0.15) is 13.3 Å². The van der Waals surface area contributed by atoms with Crippen LogP contribution < -0.4 is 5.32 Å². The molecule has 9 heteroatoms. The summed E-state index contributed by atoms with van der Waals surface area (Å²) in [5.41, 5.74) is 0. The quantitative estimate of drug-likeness (QED) is 0.711. The molecule has 2 heterocycles. The largest absolute Gasteiger partial charge is 0.394 e. The summed E-state index contributed by atoms with van der Waals surface area (Å²) in [6.45, 7) is 1.42. The molecule has 114 valence electrons. The van der Waals surface area contributed by atoms with Crippen LogP contribution in [0.15, 0.2) is 0 Å². The number of carbonyl (C=O) groups excluding carboxylic acids is 2. The molecule has 20 heavy (non-hydrogen) atoms. The third kappa shape index (κ3) is 2.73. The van der Waals surface area contributed by atoms with Gasteiger partial charge < -0.3 is 14.6 Å². The zero-order chi connectivity index (χ0) is 14.9. The van der Waals surface area contributed by atoms with Gasteiger partial charge in [-0.2, -0.15) is 0 Å². The van der Waals surface area contributed by atoms with E-state index in [-0.39, 0.29) is 13.0 Å². The highest BCUT2D eigenvalue weighted by molar-refractivity contribution is 6.33. The first-order chi connectivity index (χ1) is 9.49. The van der Waals surface area contributed by atoms with Crippen molar-refractivity contribution in [3.8, 4) is 0 Å². The Morgan fingerprint density at radius 2 is 2.30 bits per heavy atom. The Hall–Kier alpha value is -0.960. The Labute approximate surface area is 119 Å². The fourth-order valence-corrected chi connectivity index (χ4v) is 2.53. The highest BCUT2D eigenvalue weighted by Crippen LogP contribution is 2.30. The second-order valence-electron chi connectivity index (χ2n) is 4.51. The molecule has 2 saturated heterocycles. The molecule has 3 unspecified atom stereocenters. The molecule has 2 aliphatic heterocycles. The average Bonchev–Trinajstić information content (AvgIpc) is 2.76. The minimum Gasteiger partial charge on any atom is -0.394 e. The Balaban J connectivity index is 2.18. The highest BCUT2D eigenvalue weighted by atomic mass is 35.5. The van der Waals surface area contributed by atoms with Gasteiger partial charge in [0.05, 0.1) is 6.61 Å². The van der Waals surface area contributed by atoms with Crippen LogP contribution >= 0.6 is 11.6 Å². The van der Waals surface area contributed by atoms with Crippen molar-refractivity contribution in [1.29, 1.82) is 0 Å². The number of aliphatic hydroxyl groups is 1. The van der Waals surface area contributed by atoms with Crippen molar-refractivity contribution in [2.24, 2.45) is 0 Å². The summed E-state index contributed by atoms with van der Waals surface area (Å²) in [7, 11) is 0. The number of alkyl halides is 2. The van der Waals surface area contributed by atoms with E-state index in [0.717, 1.165) is 4.90 Å². The van der Waals surface area contributed by atoms with Gasteiger partial charge in [-0.25, -0.2) is 9.18 Å². The average molecular weight is 311 g/mol. The molecule has 0 bridgehead atoms. The standard InChI is InChI=1S/C11H16ClFN2O5/c1-2-19-10-8(12)9(17)14-11(18)15(10)7-3-5(13)6(4-16)20-7/h5-8,10,16H,2-4H2,1H3,(H,14,17,18)/t5?,6-,7-,8?,10?/m0/s1. The molecule has 5 atom stereocenters. The van der Waals surface area contributed by atoms with Crippen LogP contribution in [0.25, 0.3) is 0 Å². The van der Waals surface area contributed by atoms with Gasteiger partial charge in [0.25, 0.3) is 5.91 Å². The lowest BCUT2D eigenvalue weighted by molar-refractivity contribution is -0.149. The molecule has 0 aliphatic carbocycles. The molecule has 2 aliphatic rings. The first kappa shape index (κ1) is 15.4. The van der Waals surface area contributed by atoms with Gasteiger partial charge in [-0.3, -0.25) is 15.0 Å². The summed E-state index contributed by atoms with van der Waals surface area (Å²) in [5.74, 6) is -0.667. The predicted octanol–water partition coefficient (Wildman–Crippen LogP) is -0.0464. The number of imide groups is 1. The van der Waals surface area contributed by atoms with Gasteiger partial charge >= 0.3 is 6.03 Å². The second-order valence-corrected chi connectivity index (χ2v) is 4.98. The van der Waals surface area contributed by atoms with E-state index in [1.54, 1.807) is 6.92 Å². The lowest BCUT2D eigenvalue weighted by Crippen LogP contribution is -2.64. The van der Waals surface area contributed by atoms with E-state index < -0.39 is 48.7 Å². The van der Waals surface area contributed by atoms with Crippen molar-refractivity contribution >= 4 is 23.5 Å². The molecule has 0 aromatic heterocycles. The van der Waals surface area contributed by atoms with E-state index in [1.165, 1.54) is 0 Å². The Bertz CT molecular complexity index is 399. The first-order valence-electron chi connectivity index (χ1n) is 6.28. The number of nitrogens with zero attached hydrogens (tertiary/aromatic N) is 1. The lowest BCUT2D eigenvalue weighted by Gasteiger charge is -2.40. The summed E-state index contributed by atoms with van der Waals surface area (Å²) in [6, 6.07) is -0.749. The minimum absolute atomic E-state index is 0.111. The van der Waals surface area contributed by atoms with Crippen LogP contribution in [-0.2, 0) is 14.3 Å². The van der Waals surface area contributed by atoms with Crippen molar-refractivity contribution in [2.75, 3.05) is 13.2 Å². The number of hydrogen-bond donors (Lipinski definition) is 2. The number of urea groups is 1. The van der Waals surface area contributed by atoms with Crippen LogP contribution in [0.4, 0.5) is 9.18 Å². The van der Waals surface area contributed by atoms with E-state index in [0.29, 0.717) is 0 Å². The van der Waals surface area contributed by atoms with Gasteiger partial charge in [-0.15, -0.1) is 11.6 Å². The molecule has 0 radical (unpaired) electrons. The van der Waals surface area contributed by atoms with E-state index in [9.17, 15) is 14.0 Å². The molecule has 0 aromatic rings. The van der Waals surface area contributed by atoms with Crippen LogP contribution in [-0.4, -0.2) is 65.3 Å². The van der Waals surface area contributed by atoms with Gasteiger partial charge in [-0.05, 0) is 6.92 Å². The molecule has 2 N–H and O–H groups in total. The fraction of sp³-hybridized carbons (Fsp3) is 0.818. The maximum atomic E-state index is 13.6. The second kappa shape index (κ2) is 6.21. The van der Waals surface area contributed by atoms with E-state index >= 15 is 0 Å². The summed E-state index contributed by atoms with van der Waals surface area (Å²) in [6.07, 6.45) is -4.47. The van der Waals surface area contributed by atoms with Gasteiger partial charge in [0, 0.05) is 13.0 Å². The Kier molecular flexibility index (Phi) is 4.79. The smallest absolute Gasteiger partial charge is 0.328 e.